The van der Waals surface area contributed by atoms with E-state index in [-0.39, 0.29) is 24.2 Å². The van der Waals surface area contributed by atoms with Crippen LogP contribution in [0.15, 0.2) is 0 Å². The van der Waals surface area contributed by atoms with Gasteiger partial charge in [-0.3, -0.25) is 19.6 Å². The van der Waals surface area contributed by atoms with Gasteiger partial charge < -0.3 is 21.2 Å². The first-order valence-corrected chi connectivity index (χ1v) is 10.4. The SMILES string of the molecule is NC(CC=O)C(=O)NCC1CCC(C(=O)NCCCCCCON(O)S)CC1. The lowest BCUT2D eigenvalue weighted by Crippen LogP contribution is -2.43. The van der Waals surface area contributed by atoms with Gasteiger partial charge in [0.05, 0.1) is 12.6 Å². The fourth-order valence-corrected chi connectivity index (χ4v) is 3.38. The summed E-state index contributed by atoms with van der Waals surface area (Å²) in [5.41, 5.74) is 5.59. The molecule has 0 aliphatic heterocycles. The lowest BCUT2D eigenvalue weighted by molar-refractivity contribution is -0.257. The molecule has 1 atom stereocenters. The van der Waals surface area contributed by atoms with Gasteiger partial charge in [0.1, 0.15) is 6.29 Å². The summed E-state index contributed by atoms with van der Waals surface area (Å²) in [7, 11) is 0. The summed E-state index contributed by atoms with van der Waals surface area (Å²) in [4.78, 5) is 39.1. The number of nitrogens with zero attached hydrogens (tertiary/aromatic N) is 1. The second kappa shape index (κ2) is 14.7. The number of carbonyl (C=O) groups excluding carboxylic acids is 3. The molecule has 28 heavy (non-hydrogen) atoms. The van der Waals surface area contributed by atoms with Crippen LogP contribution in [0, 0.1) is 11.8 Å². The van der Waals surface area contributed by atoms with Crippen LogP contribution in [0.3, 0.4) is 0 Å². The standard InChI is InChI=1S/C18H34N4O5S/c19-16(9-11-23)18(25)21-13-14-5-7-15(8-6-14)17(24)20-10-3-1-2-4-12-27-22(26)28/h11,14-16,26,28H,1-10,12-13,19H2,(H,20,24)(H,21,25). The Morgan fingerprint density at radius 1 is 1.18 bits per heavy atom. The zero-order valence-electron chi connectivity index (χ0n) is 16.3. The molecule has 0 radical (unpaired) electrons. The smallest absolute Gasteiger partial charge is 0.237 e. The van der Waals surface area contributed by atoms with Gasteiger partial charge in [-0.25, -0.2) is 0 Å². The highest BCUT2D eigenvalue weighted by atomic mass is 32.1. The van der Waals surface area contributed by atoms with Crippen molar-refractivity contribution in [2.75, 3.05) is 19.7 Å². The molecule has 0 spiro atoms. The molecule has 0 saturated heterocycles. The predicted molar refractivity (Wildman–Crippen MR) is 107 cm³/mol. The van der Waals surface area contributed by atoms with Gasteiger partial charge in [-0.1, -0.05) is 12.8 Å². The van der Waals surface area contributed by atoms with Crippen molar-refractivity contribution in [3.05, 3.63) is 0 Å². The van der Waals surface area contributed by atoms with Gasteiger partial charge in [-0.15, -0.1) is 0 Å². The summed E-state index contributed by atoms with van der Waals surface area (Å²) in [5, 5.41) is 14.5. The first-order valence-electron chi connectivity index (χ1n) is 9.99. The van der Waals surface area contributed by atoms with E-state index in [1.807, 2.05) is 0 Å². The van der Waals surface area contributed by atoms with Crippen LogP contribution in [0.1, 0.15) is 57.8 Å². The zero-order chi connectivity index (χ0) is 20.8. The normalized spacial score (nSPS) is 20.6. The van der Waals surface area contributed by atoms with Crippen molar-refractivity contribution in [2.45, 2.75) is 63.8 Å². The number of carbonyl (C=O) groups is 3. The van der Waals surface area contributed by atoms with Gasteiger partial charge >= 0.3 is 0 Å². The number of rotatable bonds is 14. The monoisotopic (exact) mass is 418 g/mol. The number of hydrogen-bond donors (Lipinski definition) is 5. The summed E-state index contributed by atoms with van der Waals surface area (Å²) >= 11 is 3.56. The van der Waals surface area contributed by atoms with Crippen molar-refractivity contribution in [2.24, 2.45) is 17.6 Å². The molecule has 0 aromatic carbocycles. The van der Waals surface area contributed by atoms with Crippen LogP contribution in [0.4, 0.5) is 0 Å². The second-order valence-electron chi connectivity index (χ2n) is 7.26. The molecule has 0 aromatic heterocycles. The van der Waals surface area contributed by atoms with Crippen LogP contribution in [0.2, 0.25) is 0 Å². The average Bonchev–Trinajstić information content (AvgIpc) is 2.68. The van der Waals surface area contributed by atoms with Crippen molar-refractivity contribution in [1.29, 1.82) is 0 Å². The van der Waals surface area contributed by atoms with Crippen LogP contribution >= 0.6 is 12.8 Å². The molecule has 10 heteroatoms. The van der Waals surface area contributed by atoms with Crippen LogP contribution in [-0.2, 0) is 19.2 Å². The zero-order valence-corrected chi connectivity index (χ0v) is 17.2. The second-order valence-corrected chi connectivity index (χ2v) is 7.61. The van der Waals surface area contributed by atoms with E-state index >= 15 is 0 Å². The molecule has 9 nitrogen and oxygen atoms in total. The van der Waals surface area contributed by atoms with Crippen LogP contribution in [0.25, 0.3) is 0 Å². The molecule has 162 valence electrons. The fourth-order valence-electron chi connectivity index (χ4n) is 3.30. The quantitative estimate of drug-likeness (QED) is 0.123. The number of hydrogen-bond acceptors (Lipinski definition) is 8. The largest absolute Gasteiger partial charge is 0.356 e. The number of nitrogens with two attached hydrogens (primary N) is 1. The minimum Gasteiger partial charge on any atom is -0.356 e. The highest BCUT2D eigenvalue weighted by Gasteiger charge is 2.26. The van der Waals surface area contributed by atoms with Crippen molar-refractivity contribution in [1.82, 2.24) is 15.3 Å². The minimum absolute atomic E-state index is 0.0312. The lowest BCUT2D eigenvalue weighted by Gasteiger charge is -2.28. The summed E-state index contributed by atoms with van der Waals surface area (Å²) in [6.45, 7) is 1.63. The van der Waals surface area contributed by atoms with Crippen LogP contribution < -0.4 is 16.4 Å². The Labute approximate surface area is 172 Å². The van der Waals surface area contributed by atoms with E-state index in [4.69, 9.17) is 15.8 Å². The average molecular weight is 419 g/mol. The molecule has 1 saturated carbocycles. The third-order valence-electron chi connectivity index (χ3n) is 5.05. The maximum atomic E-state index is 12.3. The van der Waals surface area contributed by atoms with Crippen molar-refractivity contribution < 1.29 is 24.4 Å². The van der Waals surface area contributed by atoms with Crippen molar-refractivity contribution >= 4 is 30.9 Å². The molecule has 1 aliphatic carbocycles. The number of unbranched alkanes of at least 4 members (excludes halogenated alkanes) is 3. The molecule has 2 amide bonds. The molecular formula is C18H34N4O5S. The lowest BCUT2D eigenvalue weighted by atomic mass is 9.81. The van der Waals surface area contributed by atoms with Crippen LogP contribution in [0.5, 0.6) is 0 Å². The number of aldehydes is 1. The van der Waals surface area contributed by atoms with E-state index < -0.39 is 6.04 Å². The molecular weight excluding hydrogens is 384 g/mol. The summed E-state index contributed by atoms with van der Waals surface area (Å²) < 4.78 is 0.408. The molecule has 5 N–H and O–H groups in total. The molecule has 1 unspecified atom stereocenters. The molecule has 0 heterocycles. The maximum absolute atomic E-state index is 12.3. The maximum Gasteiger partial charge on any atom is 0.237 e. The van der Waals surface area contributed by atoms with Gasteiger partial charge in [0.15, 0.2) is 0 Å². The molecule has 1 rings (SSSR count). The highest BCUT2D eigenvalue weighted by Crippen LogP contribution is 2.28. The number of thiol groups is 1. The van der Waals surface area contributed by atoms with E-state index in [2.05, 4.69) is 23.4 Å². The number of amides is 2. The Morgan fingerprint density at radius 2 is 1.86 bits per heavy atom. The summed E-state index contributed by atoms with van der Waals surface area (Å²) in [5.74, 6) is 0.219. The van der Waals surface area contributed by atoms with Gasteiger partial charge in [-0.2, -0.15) is 0 Å². The minimum atomic E-state index is -0.778. The summed E-state index contributed by atoms with van der Waals surface area (Å²) in [6, 6.07) is -0.778. The molecule has 0 aromatic rings. The molecule has 1 fully saturated rings. The highest BCUT2D eigenvalue weighted by molar-refractivity contribution is 7.77. The van der Waals surface area contributed by atoms with Gasteiger partial charge in [-0.05, 0) is 61.9 Å². The van der Waals surface area contributed by atoms with E-state index in [1.54, 1.807) is 0 Å². The van der Waals surface area contributed by atoms with Gasteiger partial charge in [0.2, 0.25) is 11.8 Å². The molecule has 1 aliphatic rings. The Balaban J connectivity index is 2.06. The third-order valence-corrected chi connectivity index (χ3v) is 5.16. The Kier molecular flexibility index (Phi) is 13.1. The van der Waals surface area contributed by atoms with Crippen LogP contribution in [-0.4, -0.2) is 53.7 Å². The first kappa shape index (κ1) is 24.8. The van der Waals surface area contributed by atoms with Gasteiger partial charge in [0, 0.05) is 25.4 Å². The summed E-state index contributed by atoms with van der Waals surface area (Å²) in [6.07, 6.45) is 7.81. The fraction of sp³-hybridized carbons (Fsp3) is 0.833. The Hall–Kier alpha value is -1.20. The Morgan fingerprint density at radius 3 is 2.50 bits per heavy atom. The first-order chi connectivity index (χ1) is 13.4. The van der Waals surface area contributed by atoms with E-state index in [0.29, 0.717) is 36.5 Å². The van der Waals surface area contributed by atoms with Gasteiger partial charge in [0.25, 0.3) is 0 Å². The topological polar surface area (TPSA) is 134 Å². The Bertz CT molecular complexity index is 473. The third kappa shape index (κ3) is 11.0. The van der Waals surface area contributed by atoms with Crippen molar-refractivity contribution in [3.8, 4) is 0 Å². The van der Waals surface area contributed by atoms with Crippen molar-refractivity contribution in [3.63, 3.8) is 0 Å². The molecule has 0 bridgehead atoms. The van der Waals surface area contributed by atoms with E-state index in [0.717, 1.165) is 51.4 Å². The van der Waals surface area contributed by atoms with E-state index in [9.17, 15) is 14.4 Å². The predicted octanol–water partition coefficient (Wildman–Crippen LogP) is 0.969. The number of nitrogens with one attached hydrogen (secondary N) is 2. The van der Waals surface area contributed by atoms with E-state index in [1.165, 1.54) is 0 Å².